The van der Waals surface area contributed by atoms with E-state index in [1.54, 1.807) is 12.3 Å². The highest BCUT2D eigenvalue weighted by atomic mass is 16.4. The summed E-state index contributed by atoms with van der Waals surface area (Å²) in [6.45, 7) is 2.01. The zero-order valence-electron chi connectivity index (χ0n) is 14.8. The van der Waals surface area contributed by atoms with Crippen molar-refractivity contribution in [2.24, 2.45) is 0 Å². The first kappa shape index (κ1) is 16.8. The topological polar surface area (TPSA) is 55.1 Å². The molecule has 1 heterocycles. The number of nitrogens with zero attached hydrogens (tertiary/aromatic N) is 1. The molecule has 3 aromatic carbocycles. The van der Waals surface area contributed by atoms with Crippen molar-refractivity contribution in [1.82, 2.24) is 4.98 Å². The van der Waals surface area contributed by atoms with Crippen LogP contribution < -0.4 is 5.32 Å². The van der Waals surface area contributed by atoms with E-state index in [9.17, 15) is 4.79 Å². The Morgan fingerprint density at radius 3 is 2.37 bits per heavy atom. The second-order valence-electron chi connectivity index (χ2n) is 6.26. The molecule has 132 valence electrons. The van der Waals surface area contributed by atoms with E-state index in [2.05, 4.69) is 10.3 Å². The maximum atomic E-state index is 12.8. The van der Waals surface area contributed by atoms with Crippen LogP contribution in [0.15, 0.2) is 89.5 Å². The minimum absolute atomic E-state index is 0.200. The molecular weight excluding hydrogens is 336 g/mol. The second kappa shape index (κ2) is 7.30. The molecule has 1 N–H and O–H groups in total. The molecule has 0 aliphatic rings. The number of amides is 1. The quantitative estimate of drug-likeness (QED) is 0.521. The molecule has 27 heavy (non-hydrogen) atoms. The maximum absolute atomic E-state index is 12.8. The van der Waals surface area contributed by atoms with Crippen molar-refractivity contribution in [1.29, 1.82) is 0 Å². The van der Waals surface area contributed by atoms with Crippen molar-refractivity contribution < 1.29 is 9.21 Å². The molecule has 0 aliphatic carbocycles. The normalized spacial score (nSPS) is 10.6. The van der Waals surface area contributed by atoms with Crippen LogP contribution in [0.4, 0.5) is 5.69 Å². The van der Waals surface area contributed by atoms with Gasteiger partial charge in [0.15, 0.2) is 5.76 Å². The van der Waals surface area contributed by atoms with E-state index in [-0.39, 0.29) is 5.91 Å². The monoisotopic (exact) mass is 354 g/mol. The summed E-state index contributed by atoms with van der Waals surface area (Å²) in [5.41, 5.74) is 4.00. The average Bonchev–Trinajstić information content (AvgIpc) is 3.20. The highest BCUT2D eigenvalue weighted by Crippen LogP contribution is 2.28. The number of hydrogen-bond donors (Lipinski definition) is 1. The van der Waals surface area contributed by atoms with Gasteiger partial charge in [0.1, 0.15) is 0 Å². The van der Waals surface area contributed by atoms with E-state index in [0.717, 1.165) is 16.8 Å². The van der Waals surface area contributed by atoms with Crippen LogP contribution in [-0.2, 0) is 0 Å². The number of aryl methyl sites for hydroxylation is 1. The van der Waals surface area contributed by atoms with Crippen LogP contribution in [0.1, 0.15) is 15.9 Å². The van der Waals surface area contributed by atoms with Crippen LogP contribution >= 0.6 is 0 Å². The first-order valence-corrected chi connectivity index (χ1v) is 8.69. The molecule has 1 aromatic heterocycles. The summed E-state index contributed by atoms with van der Waals surface area (Å²) in [4.78, 5) is 17.2. The van der Waals surface area contributed by atoms with Crippen molar-refractivity contribution in [3.8, 4) is 22.8 Å². The van der Waals surface area contributed by atoms with Crippen molar-refractivity contribution in [3.63, 3.8) is 0 Å². The number of anilines is 1. The zero-order valence-corrected chi connectivity index (χ0v) is 14.8. The maximum Gasteiger partial charge on any atom is 0.256 e. The molecule has 4 aromatic rings. The molecule has 4 heteroatoms. The summed E-state index contributed by atoms with van der Waals surface area (Å²) < 4.78 is 5.92. The SMILES string of the molecule is Cc1ccc(NC(=O)c2ccccc2-c2ncc(-c3ccccc3)o2)cc1. The highest BCUT2D eigenvalue weighted by Gasteiger charge is 2.17. The standard InChI is InChI=1S/C23H18N2O2/c1-16-11-13-18(14-12-16)25-22(26)19-9-5-6-10-20(19)23-24-15-21(27-23)17-7-3-2-4-8-17/h2-15H,1H3,(H,25,26). The van der Waals surface area contributed by atoms with Crippen LogP contribution in [0.5, 0.6) is 0 Å². The lowest BCUT2D eigenvalue weighted by molar-refractivity contribution is 0.102. The summed E-state index contributed by atoms with van der Waals surface area (Å²) in [6, 6.07) is 24.7. The molecule has 0 saturated carbocycles. The number of aromatic nitrogens is 1. The Morgan fingerprint density at radius 1 is 0.889 bits per heavy atom. The Balaban J connectivity index is 1.64. The van der Waals surface area contributed by atoms with E-state index in [1.165, 1.54) is 0 Å². The van der Waals surface area contributed by atoms with E-state index in [4.69, 9.17) is 4.42 Å². The van der Waals surface area contributed by atoms with Crippen molar-refractivity contribution in [2.45, 2.75) is 6.92 Å². The molecule has 0 unspecified atom stereocenters. The highest BCUT2D eigenvalue weighted by molar-refractivity contribution is 6.08. The molecular formula is C23H18N2O2. The van der Waals surface area contributed by atoms with Gasteiger partial charge in [-0.05, 0) is 31.2 Å². The lowest BCUT2D eigenvalue weighted by Crippen LogP contribution is -2.13. The van der Waals surface area contributed by atoms with Crippen LogP contribution in [0, 0.1) is 6.92 Å². The minimum atomic E-state index is -0.200. The van der Waals surface area contributed by atoms with Crippen molar-refractivity contribution in [3.05, 3.63) is 96.2 Å². The first-order valence-electron chi connectivity index (χ1n) is 8.69. The third-order valence-electron chi connectivity index (χ3n) is 4.28. The molecule has 0 radical (unpaired) electrons. The summed E-state index contributed by atoms with van der Waals surface area (Å²) in [7, 11) is 0. The largest absolute Gasteiger partial charge is 0.436 e. The van der Waals surface area contributed by atoms with Gasteiger partial charge >= 0.3 is 0 Å². The van der Waals surface area contributed by atoms with Gasteiger partial charge in [-0.15, -0.1) is 0 Å². The Morgan fingerprint density at radius 2 is 1.59 bits per heavy atom. The van der Waals surface area contributed by atoms with Crippen LogP contribution in [0.3, 0.4) is 0 Å². The lowest BCUT2D eigenvalue weighted by atomic mass is 10.1. The Kier molecular flexibility index (Phi) is 4.54. The number of oxazole rings is 1. The third-order valence-corrected chi connectivity index (χ3v) is 4.28. The average molecular weight is 354 g/mol. The van der Waals surface area contributed by atoms with Gasteiger partial charge in [0.05, 0.1) is 11.8 Å². The second-order valence-corrected chi connectivity index (χ2v) is 6.26. The molecule has 0 aliphatic heterocycles. The minimum Gasteiger partial charge on any atom is -0.436 e. The molecule has 0 bridgehead atoms. The van der Waals surface area contributed by atoms with Gasteiger partial charge in [-0.3, -0.25) is 4.79 Å². The Labute approximate surface area is 157 Å². The number of carbonyl (C=O) groups is 1. The molecule has 0 spiro atoms. The molecule has 4 nitrogen and oxygen atoms in total. The Bertz CT molecular complexity index is 1070. The van der Waals surface area contributed by atoms with Crippen LogP contribution in [0.2, 0.25) is 0 Å². The number of benzene rings is 3. The van der Waals surface area contributed by atoms with Gasteiger partial charge in [-0.2, -0.15) is 0 Å². The van der Waals surface area contributed by atoms with Crippen LogP contribution in [-0.4, -0.2) is 10.9 Å². The molecule has 4 rings (SSSR count). The lowest BCUT2D eigenvalue weighted by Gasteiger charge is -2.08. The first-order chi connectivity index (χ1) is 13.2. The summed E-state index contributed by atoms with van der Waals surface area (Å²) >= 11 is 0. The van der Waals surface area contributed by atoms with Gasteiger partial charge in [0.25, 0.3) is 5.91 Å². The zero-order chi connectivity index (χ0) is 18.6. The smallest absolute Gasteiger partial charge is 0.256 e. The molecule has 1 amide bonds. The molecule has 0 atom stereocenters. The molecule has 0 fully saturated rings. The van der Waals surface area contributed by atoms with E-state index in [1.807, 2.05) is 79.7 Å². The van der Waals surface area contributed by atoms with E-state index in [0.29, 0.717) is 22.8 Å². The van der Waals surface area contributed by atoms with Gasteiger partial charge in [-0.25, -0.2) is 4.98 Å². The fourth-order valence-corrected chi connectivity index (χ4v) is 2.84. The Hall–Kier alpha value is -3.66. The van der Waals surface area contributed by atoms with Gasteiger partial charge in [0, 0.05) is 16.8 Å². The number of carbonyl (C=O) groups excluding carboxylic acids is 1. The molecule has 0 saturated heterocycles. The number of nitrogens with one attached hydrogen (secondary N) is 1. The third kappa shape index (κ3) is 3.65. The summed E-state index contributed by atoms with van der Waals surface area (Å²) in [5.74, 6) is 0.886. The van der Waals surface area contributed by atoms with Crippen molar-refractivity contribution in [2.75, 3.05) is 5.32 Å². The number of hydrogen-bond acceptors (Lipinski definition) is 3. The number of rotatable bonds is 4. The summed E-state index contributed by atoms with van der Waals surface area (Å²) in [5, 5.41) is 2.93. The van der Waals surface area contributed by atoms with E-state index < -0.39 is 0 Å². The van der Waals surface area contributed by atoms with Crippen LogP contribution in [0.25, 0.3) is 22.8 Å². The predicted octanol–water partition coefficient (Wildman–Crippen LogP) is 5.57. The summed E-state index contributed by atoms with van der Waals surface area (Å²) in [6.07, 6.45) is 1.68. The predicted molar refractivity (Wildman–Crippen MR) is 107 cm³/mol. The fourth-order valence-electron chi connectivity index (χ4n) is 2.84. The van der Waals surface area contributed by atoms with Gasteiger partial charge < -0.3 is 9.73 Å². The van der Waals surface area contributed by atoms with Gasteiger partial charge in [0.2, 0.25) is 5.89 Å². The van der Waals surface area contributed by atoms with Gasteiger partial charge in [-0.1, -0.05) is 60.2 Å². The van der Waals surface area contributed by atoms with E-state index >= 15 is 0 Å². The fraction of sp³-hybridized carbons (Fsp3) is 0.0435. The van der Waals surface area contributed by atoms with Crippen molar-refractivity contribution >= 4 is 11.6 Å².